The molecular weight excluding hydrogens is 274 g/mol. The molecule has 0 spiro atoms. The fraction of sp³-hybridized carbons (Fsp3) is 0.500. The molecule has 3 heterocycles. The summed E-state index contributed by atoms with van der Waals surface area (Å²) in [5.74, 6) is 1.24. The van der Waals surface area contributed by atoms with Gasteiger partial charge in [0.15, 0.2) is 0 Å². The molecule has 18 heavy (non-hydrogen) atoms. The van der Waals surface area contributed by atoms with Crippen molar-refractivity contribution in [2.45, 2.75) is 11.4 Å². The van der Waals surface area contributed by atoms with Crippen LogP contribution in [0, 0.1) is 0 Å². The van der Waals surface area contributed by atoms with Crippen LogP contribution in [-0.4, -0.2) is 57.2 Å². The van der Waals surface area contributed by atoms with Crippen LogP contribution in [0.1, 0.15) is 5.82 Å². The first-order valence-electron chi connectivity index (χ1n) is 5.22. The molecule has 7 nitrogen and oxygen atoms in total. The van der Waals surface area contributed by atoms with Gasteiger partial charge in [-0.05, 0) is 10.7 Å². The summed E-state index contributed by atoms with van der Waals surface area (Å²) >= 11 is 7.51. The Kier molecular flexibility index (Phi) is 2.83. The smallest absolute Gasteiger partial charge is 0.317 e. The number of thioether (sulfide) groups is 1. The Labute approximate surface area is 113 Å². The van der Waals surface area contributed by atoms with Crippen LogP contribution >= 0.6 is 23.4 Å². The zero-order valence-corrected chi connectivity index (χ0v) is 10.8. The number of alkyl halides is 1. The Bertz CT molecular complexity index is 547. The molecule has 0 aromatic carbocycles. The van der Waals surface area contributed by atoms with Crippen molar-refractivity contribution in [3.63, 3.8) is 0 Å². The molecular formula is C8H9BClN6OS+. The predicted octanol–water partition coefficient (Wildman–Crippen LogP) is -1.78. The van der Waals surface area contributed by atoms with E-state index in [1.54, 1.807) is 16.7 Å². The SMILES string of the molecule is [B][n+]1nc(C2=C(CCl)CS[C@@H]3[C@H](N)C(=O)N23)n[nH]1. The zero-order valence-electron chi connectivity index (χ0n) is 9.21. The summed E-state index contributed by atoms with van der Waals surface area (Å²) in [6.45, 7) is 0. The molecule has 0 aliphatic carbocycles. The second-order valence-corrected chi connectivity index (χ2v) is 5.37. The van der Waals surface area contributed by atoms with E-state index in [2.05, 4.69) is 15.4 Å². The van der Waals surface area contributed by atoms with Crippen molar-refractivity contribution < 1.29 is 9.50 Å². The Balaban J connectivity index is 2.06. The molecule has 1 aromatic heterocycles. The van der Waals surface area contributed by atoms with Crippen LogP contribution in [0.15, 0.2) is 5.57 Å². The van der Waals surface area contributed by atoms with Crippen molar-refractivity contribution in [1.29, 1.82) is 0 Å². The lowest BCUT2D eigenvalue weighted by atomic mass is 10.0. The van der Waals surface area contributed by atoms with E-state index in [1.807, 2.05) is 0 Å². The Morgan fingerprint density at radius 2 is 2.50 bits per heavy atom. The number of β-lactam (4-membered cyclic amide) rings is 1. The molecule has 0 saturated carbocycles. The van der Waals surface area contributed by atoms with Crippen LogP contribution in [0.25, 0.3) is 5.70 Å². The number of H-pyrrole nitrogens is 1. The number of carbonyl (C=O) groups is 1. The van der Waals surface area contributed by atoms with E-state index in [4.69, 9.17) is 25.3 Å². The van der Waals surface area contributed by atoms with Crippen LogP contribution in [0.4, 0.5) is 0 Å². The van der Waals surface area contributed by atoms with E-state index in [9.17, 15) is 4.79 Å². The average molecular weight is 284 g/mol. The first-order valence-corrected chi connectivity index (χ1v) is 6.80. The first kappa shape index (κ1) is 12.0. The van der Waals surface area contributed by atoms with Crippen LogP contribution < -0.4 is 10.4 Å². The fourth-order valence-corrected chi connectivity index (χ4v) is 3.67. The van der Waals surface area contributed by atoms with Gasteiger partial charge in [-0.15, -0.1) is 28.1 Å². The highest BCUT2D eigenvalue weighted by molar-refractivity contribution is 8.00. The number of carbonyl (C=O) groups excluding carboxylic acids is 1. The summed E-state index contributed by atoms with van der Waals surface area (Å²) in [6, 6.07) is -0.467. The highest BCUT2D eigenvalue weighted by Gasteiger charge is 2.52. The van der Waals surface area contributed by atoms with Crippen molar-refractivity contribution in [2.24, 2.45) is 5.73 Å². The third-order valence-electron chi connectivity index (χ3n) is 2.92. The van der Waals surface area contributed by atoms with E-state index < -0.39 is 6.04 Å². The van der Waals surface area contributed by atoms with Crippen molar-refractivity contribution >= 4 is 42.9 Å². The molecule has 10 heteroatoms. The molecule has 0 bridgehead atoms. The van der Waals surface area contributed by atoms with Crippen molar-refractivity contribution in [1.82, 2.24) is 20.3 Å². The first-order chi connectivity index (χ1) is 8.63. The third kappa shape index (κ3) is 1.58. The summed E-state index contributed by atoms with van der Waals surface area (Å²) in [4.78, 5) is 13.5. The number of tetrazole rings is 1. The molecule has 1 saturated heterocycles. The van der Waals surface area contributed by atoms with Crippen molar-refractivity contribution in [2.75, 3.05) is 11.6 Å². The number of hydrogen-bond donors (Lipinski definition) is 2. The average Bonchev–Trinajstić information content (AvgIpc) is 2.82. The quantitative estimate of drug-likeness (QED) is 0.380. The van der Waals surface area contributed by atoms with Gasteiger partial charge in [0.05, 0.1) is 5.10 Å². The minimum absolute atomic E-state index is 0.0656. The molecule has 1 fully saturated rings. The molecule has 3 N–H and O–H groups in total. The molecule has 2 aliphatic heterocycles. The van der Waals surface area contributed by atoms with Gasteiger partial charge >= 0.3 is 13.8 Å². The summed E-state index contributed by atoms with van der Waals surface area (Å²) in [5.41, 5.74) is 7.29. The van der Waals surface area contributed by atoms with E-state index in [-0.39, 0.29) is 11.3 Å². The van der Waals surface area contributed by atoms with Gasteiger partial charge < -0.3 is 5.73 Å². The Morgan fingerprint density at radius 3 is 3.11 bits per heavy atom. The number of amides is 1. The number of nitrogens with two attached hydrogens (primary N) is 1. The van der Waals surface area contributed by atoms with Gasteiger partial charge in [-0.3, -0.25) is 9.69 Å². The maximum absolute atomic E-state index is 11.9. The summed E-state index contributed by atoms with van der Waals surface area (Å²) in [5, 5.41) is 10.3. The van der Waals surface area contributed by atoms with Crippen LogP contribution in [0.3, 0.4) is 0 Å². The maximum atomic E-state index is 11.9. The summed E-state index contributed by atoms with van der Waals surface area (Å²) < 4.78 is 0.981. The zero-order chi connectivity index (χ0) is 12.9. The molecule has 92 valence electrons. The van der Waals surface area contributed by atoms with E-state index in [0.717, 1.165) is 10.3 Å². The number of nitrogens with zero attached hydrogens (tertiary/aromatic N) is 4. The van der Waals surface area contributed by atoms with Crippen LogP contribution in [-0.2, 0) is 4.79 Å². The van der Waals surface area contributed by atoms with Gasteiger partial charge in [0, 0.05) is 11.6 Å². The molecule has 3 rings (SSSR count). The Hall–Kier alpha value is -1.06. The lowest BCUT2D eigenvalue weighted by Crippen LogP contribution is -2.67. The van der Waals surface area contributed by atoms with Crippen LogP contribution in [0.5, 0.6) is 0 Å². The Morgan fingerprint density at radius 1 is 1.72 bits per heavy atom. The highest BCUT2D eigenvalue weighted by Crippen LogP contribution is 2.42. The summed E-state index contributed by atoms with van der Waals surface area (Å²) in [6.07, 6.45) is 0. The van der Waals surface area contributed by atoms with E-state index >= 15 is 0 Å². The standard InChI is InChI=1S/C8H9BClN6OS/c9-16-13-6(12-14-16)5-3(1-10)2-18-8-4(11)7(17)15(5)8/h4,8H,1-2,11H2,(H,12,13,14)/q+1/t4-,8-/m1/s1. The largest absolute Gasteiger partial charge is 0.476 e. The second kappa shape index (κ2) is 4.25. The molecule has 1 aromatic rings. The third-order valence-corrected chi connectivity index (χ3v) is 4.61. The van der Waals surface area contributed by atoms with E-state index in [1.165, 1.54) is 0 Å². The van der Waals surface area contributed by atoms with Crippen LogP contribution in [0.2, 0.25) is 0 Å². The van der Waals surface area contributed by atoms with Gasteiger partial charge in [-0.2, -0.15) is 0 Å². The topological polar surface area (TPSA) is 91.8 Å². The minimum Gasteiger partial charge on any atom is -0.317 e. The molecule has 2 aliphatic rings. The number of rotatable bonds is 2. The molecule has 2 atom stereocenters. The van der Waals surface area contributed by atoms with Crippen molar-refractivity contribution in [3.8, 4) is 0 Å². The second-order valence-electron chi connectivity index (χ2n) is 4.00. The van der Waals surface area contributed by atoms with Crippen molar-refractivity contribution in [3.05, 3.63) is 11.4 Å². The fourth-order valence-electron chi connectivity index (χ4n) is 2.04. The number of aromatic nitrogens is 4. The lowest BCUT2D eigenvalue weighted by Gasteiger charge is -2.47. The number of fused-ring (bicyclic) bond motifs is 1. The minimum atomic E-state index is -0.467. The van der Waals surface area contributed by atoms with Gasteiger partial charge in [0.25, 0.3) is 0 Å². The summed E-state index contributed by atoms with van der Waals surface area (Å²) in [7, 11) is 5.43. The lowest BCUT2D eigenvalue weighted by molar-refractivity contribution is -0.651. The highest BCUT2D eigenvalue weighted by atomic mass is 35.5. The van der Waals surface area contributed by atoms with E-state index in [0.29, 0.717) is 23.2 Å². The maximum Gasteiger partial charge on any atom is 0.476 e. The van der Waals surface area contributed by atoms with Gasteiger partial charge in [-0.1, -0.05) is 5.21 Å². The van der Waals surface area contributed by atoms with Gasteiger partial charge in [-0.25, -0.2) is 0 Å². The number of halogens is 1. The molecule has 0 unspecified atom stereocenters. The van der Waals surface area contributed by atoms with Gasteiger partial charge in [0.1, 0.15) is 17.1 Å². The number of nitrogens with one attached hydrogen (secondary N) is 1. The number of aromatic amines is 1. The predicted molar refractivity (Wildman–Crippen MR) is 66.4 cm³/mol. The molecule has 2 radical (unpaired) electrons. The number of hydrogen-bond acceptors (Lipinski definition) is 5. The monoisotopic (exact) mass is 283 g/mol. The van der Waals surface area contributed by atoms with Gasteiger partial charge in [0.2, 0.25) is 5.91 Å². The molecule has 1 amide bonds. The normalized spacial score (nSPS) is 27.2.